The van der Waals surface area contributed by atoms with Crippen LogP contribution in [-0.4, -0.2) is 6.61 Å². The van der Waals surface area contributed by atoms with Gasteiger partial charge in [0, 0.05) is 0 Å². The first kappa shape index (κ1) is 10.6. The Balaban J connectivity index is 2.92. The highest BCUT2D eigenvalue weighted by Crippen LogP contribution is 2.28. The standard InChI is InChI=1S/C11H14BrO/c1-4-13-11-6-5-9(8(2)3)7-10(11)12/h5-7H,4H2,1-3H3. The van der Waals surface area contributed by atoms with Gasteiger partial charge in [-0.1, -0.05) is 19.9 Å². The smallest absolute Gasteiger partial charge is 0.133 e. The molecular weight excluding hydrogens is 228 g/mol. The van der Waals surface area contributed by atoms with Crippen LogP contribution in [0.2, 0.25) is 0 Å². The molecule has 0 N–H and O–H groups in total. The van der Waals surface area contributed by atoms with Gasteiger partial charge in [-0.15, -0.1) is 0 Å². The first-order valence-corrected chi connectivity index (χ1v) is 5.17. The average molecular weight is 242 g/mol. The van der Waals surface area contributed by atoms with Crippen molar-refractivity contribution in [3.8, 4) is 5.75 Å². The van der Waals surface area contributed by atoms with Crippen molar-refractivity contribution in [3.05, 3.63) is 34.2 Å². The van der Waals surface area contributed by atoms with Crippen LogP contribution in [0.4, 0.5) is 0 Å². The molecule has 0 aliphatic carbocycles. The Bertz CT molecular complexity index is 281. The summed E-state index contributed by atoms with van der Waals surface area (Å²) in [7, 11) is 0. The lowest BCUT2D eigenvalue weighted by molar-refractivity contribution is 0.338. The summed E-state index contributed by atoms with van der Waals surface area (Å²) in [6.45, 7) is 6.88. The lowest BCUT2D eigenvalue weighted by Gasteiger charge is -2.09. The van der Waals surface area contributed by atoms with E-state index in [1.54, 1.807) is 0 Å². The molecule has 0 unspecified atom stereocenters. The number of hydrogen-bond acceptors (Lipinski definition) is 1. The van der Waals surface area contributed by atoms with Crippen molar-refractivity contribution in [3.63, 3.8) is 0 Å². The molecule has 1 aromatic rings. The Morgan fingerprint density at radius 2 is 2.08 bits per heavy atom. The third-order valence-electron chi connectivity index (χ3n) is 1.81. The molecule has 0 aromatic heterocycles. The van der Waals surface area contributed by atoms with Crippen LogP contribution < -0.4 is 4.74 Å². The Hall–Kier alpha value is -0.500. The van der Waals surface area contributed by atoms with Gasteiger partial charge in [-0.05, 0) is 46.5 Å². The number of ether oxygens (including phenoxy) is 1. The number of halogens is 1. The van der Waals surface area contributed by atoms with Crippen LogP contribution in [0.5, 0.6) is 5.75 Å². The minimum Gasteiger partial charge on any atom is -0.493 e. The molecule has 1 aromatic carbocycles. The van der Waals surface area contributed by atoms with Gasteiger partial charge >= 0.3 is 0 Å². The second-order valence-corrected chi connectivity index (χ2v) is 3.93. The summed E-state index contributed by atoms with van der Waals surface area (Å²) in [6, 6.07) is 6.15. The molecule has 0 saturated heterocycles. The van der Waals surface area contributed by atoms with Crippen LogP contribution in [-0.2, 0) is 0 Å². The van der Waals surface area contributed by atoms with E-state index in [4.69, 9.17) is 4.74 Å². The van der Waals surface area contributed by atoms with Gasteiger partial charge in [0.15, 0.2) is 0 Å². The van der Waals surface area contributed by atoms with Crippen LogP contribution in [0.25, 0.3) is 0 Å². The molecule has 0 atom stereocenters. The summed E-state index contributed by atoms with van der Waals surface area (Å²) in [4.78, 5) is 0. The molecule has 1 radical (unpaired) electrons. The quantitative estimate of drug-likeness (QED) is 0.783. The zero-order chi connectivity index (χ0) is 9.84. The zero-order valence-corrected chi connectivity index (χ0v) is 9.81. The molecule has 2 heteroatoms. The van der Waals surface area contributed by atoms with Crippen LogP contribution in [0.1, 0.15) is 26.3 Å². The van der Waals surface area contributed by atoms with E-state index in [-0.39, 0.29) is 0 Å². The molecule has 0 aliphatic heterocycles. The lowest BCUT2D eigenvalue weighted by Crippen LogP contribution is -1.94. The van der Waals surface area contributed by atoms with Crippen molar-refractivity contribution in [2.45, 2.75) is 20.8 Å². The second-order valence-electron chi connectivity index (χ2n) is 3.08. The Morgan fingerprint density at radius 3 is 2.54 bits per heavy atom. The predicted octanol–water partition coefficient (Wildman–Crippen LogP) is 3.81. The van der Waals surface area contributed by atoms with Crippen molar-refractivity contribution in [2.24, 2.45) is 0 Å². The minimum atomic E-state index is 0.701. The van der Waals surface area contributed by atoms with E-state index in [1.807, 2.05) is 13.0 Å². The van der Waals surface area contributed by atoms with E-state index in [2.05, 4.69) is 41.9 Å². The highest BCUT2D eigenvalue weighted by Gasteiger charge is 2.04. The van der Waals surface area contributed by atoms with E-state index in [1.165, 1.54) is 11.5 Å². The molecule has 0 bridgehead atoms. The van der Waals surface area contributed by atoms with Gasteiger partial charge in [0.2, 0.25) is 0 Å². The third kappa shape index (κ3) is 2.73. The van der Waals surface area contributed by atoms with Gasteiger partial charge in [0.25, 0.3) is 0 Å². The highest BCUT2D eigenvalue weighted by molar-refractivity contribution is 9.10. The summed E-state index contributed by atoms with van der Waals surface area (Å²) in [5, 5.41) is 0. The molecule has 71 valence electrons. The van der Waals surface area contributed by atoms with Crippen molar-refractivity contribution in [1.29, 1.82) is 0 Å². The highest BCUT2D eigenvalue weighted by atomic mass is 79.9. The monoisotopic (exact) mass is 241 g/mol. The van der Waals surface area contributed by atoms with Gasteiger partial charge in [0.1, 0.15) is 5.75 Å². The van der Waals surface area contributed by atoms with Gasteiger partial charge in [-0.3, -0.25) is 0 Å². The van der Waals surface area contributed by atoms with Gasteiger partial charge in [-0.25, -0.2) is 0 Å². The zero-order valence-electron chi connectivity index (χ0n) is 8.23. The summed E-state index contributed by atoms with van der Waals surface area (Å²) < 4.78 is 6.44. The van der Waals surface area contributed by atoms with Crippen LogP contribution in [0, 0.1) is 5.92 Å². The van der Waals surface area contributed by atoms with Crippen molar-refractivity contribution < 1.29 is 4.74 Å². The SMILES string of the molecule is CCOc1ccc([C](C)C)cc1Br. The maximum absolute atomic E-state index is 5.42. The molecule has 13 heavy (non-hydrogen) atoms. The fraction of sp³-hybridized carbons (Fsp3) is 0.364. The van der Waals surface area contributed by atoms with Crippen molar-refractivity contribution >= 4 is 15.9 Å². The van der Waals surface area contributed by atoms with Crippen molar-refractivity contribution in [1.82, 2.24) is 0 Å². The molecular formula is C11H14BrO. The Morgan fingerprint density at radius 1 is 1.38 bits per heavy atom. The summed E-state index contributed by atoms with van der Waals surface area (Å²) in [5.74, 6) is 2.22. The molecule has 0 aliphatic rings. The maximum Gasteiger partial charge on any atom is 0.133 e. The number of benzene rings is 1. The van der Waals surface area contributed by atoms with E-state index < -0.39 is 0 Å². The first-order valence-electron chi connectivity index (χ1n) is 4.38. The summed E-state index contributed by atoms with van der Waals surface area (Å²) in [6.07, 6.45) is 0. The van der Waals surface area contributed by atoms with Crippen LogP contribution in [0.15, 0.2) is 22.7 Å². The van der Waals surface area contributed by atoms with E-state index in [0.29, 0.717) is 6.61 Å². The molecule has 0 spiro atoms. The molecule has 0 saturated carbocycles. The van der Waals surface area contributed by atoms with Gasteiger partial charge in [0.05, 0.1) is 11.1 Å². The van der Waals surface area contributed by atoms with E-state index in [0.717, 1.165) is 10.2 Å². The summed E-state index contributed by atoms with van der Waals surface area (Å²) >= 11 is 3.48. The largest absolute Gasteiger partial charge is 0.493 e. The molecule has 1 nitrogen and oxygen atoms in total. The molecule has 0 heterocycles. The Labute approximate surface area is 88.2 Å². The van der Waals surface area contributed by atoms with Crippen LogP contribution in [0.3, 0.4) is 0 Å². The van der Waals surface area contributed by atoms with Gasteiger partial charge in [-0.2, -0.15) is 0 Å². The fourth-order valence-corrected chi connectivity index (χ4v) is 1.58. The Kier molecular flexibility index (Phi) is 3.79. The number of rotatable bonds is 3. The van der Waals surface area contributed by atoms with Crippen molar-refractivity contribution in [2.75, 3.05) is 6.61 Å². The van der Waals surface area contributed by atoms with Gasteiger partial charge < -0.3 is 4.74 Å². The molecule has 0 fully saturated rings. The third-order valence-corrected chi connectivity index (χ3v) is 2.43. The lowest BCUT2D eigenvalue weighted by atomic mass is 10.0. The van der Waals surface area contributed by atoms with E-state index in [9.17, 15) is 0 Å². The molecule has 1 rings (SSSR count). The summed E-state index contributed by atoms with van der Waals surface area (Å²) in [5.41, 5.74) is 1.25. The topological polar surface area (TPSA) is 9.23 Å². The number of hydrogen-bond donors (Lipinski definition) is 0. The normalized spacial score (nSPS) is 10.5. The maximum atomic E-state index is 5.42. The van der Waals surface area contributed by atoms with E-state index >= 15 is 0 Å². The predicted molar refractivity (Wildman–Crippen MR) is 59.0 cm³/mol. The first-order chi connectivity index (χ1) is 6.15. The van der Waals surface area contributed by atoms with Crippen LogP contribution >= 0.6 is 15.9 Å². The minimum absolute atomic E-state index is 0.701. The molecule has 0 amide bonds. The average Bonchev–Trinajstić information content (AvgIpc) is 2.08. The second kappa shape index (κ2) is 4.66. The fourth-order valence-electron chi connectivity index (χ4n) is 1.08.